The Bertz CT molecular complexity index is 867. The molecule has 0 bridgehead atoms. The number of nitrogens with one attached hydrogen (secondary N) is 2. The van der Waals surface area contributed by atoms with Gasteiger partial charge in [0, 0.05) is 18.0 Å². The van der Waals surface area contributed by atoms with Crippen molar-refractivity contribution in [2.75, 3.05) is 11.9 Å². The maximum Gasteiger partial charge on any atom is 0.240 e. The van der Waals surface area contributed by atoms with Crippen LogP contribution < -0.4 is 14.8 Å². The van der Waals surface area contributed by atoms with Gasteiger partial charge < -0.3 is 10.1 Å². The van der Waals surface area contributed by atoms with Crippen LogP contribution in [0.5, 0.6) is 5.75 Å². The number of hydrogen-bond donors (Lipinski definition) is 2. The van der Waals surface area contributed by atoms with Gasteiger partial charge in [-0.2, -0.15) is 0 Å². The molecule has 0 aromatic heterocycles. The third-order valence-electron chi connectivity index (χ3n) is 3.54. The van der Waals surface area contributed by atoms with Crippen molar-refractivity contribution in [3.63, 3.8) is 0 Å². The number of amides is 1. The molecule has 2 N–H and O–H groups in total. The predicted molar refractivity (Wildman–Crippen MR) is 102 cm³/mol. The molecule has 0 unspecified atom stereocenters. The summed E-state index contributed by atoms with van der Waals surface area (Å²) in [5.41, 5.74) is 1.11. The Morgan fingerprint density at radius 2 is 1.81 bits per heavy atom. The van der Waals surface area contributed by atoms with Crippen LogP contribution >= 0.6 is 11.6 Å². The highest BCUT2D eigenvalue weighted by atomic mass is 35.5. The van der Waals surface area contributed by atoms with E-state index in [9.17, 15) is 13.2 Å². The number of anilines is 1. The number of benzene rings is 2. The summed E-state index contributed by atoms with van der Waals surface area (Å²) < 4.78 is 33.1. The van der Waals surface area contributed by atoms with E-state index in [1.807, 2.05) is 6.92 Å². The molecule has 0 saturated carbocycles. The van der Waals surface area contributed by atoms with E-state index in [1.165, 1.54) is 18.2 Å². The highest BCUT2D eigenvalue weighted by Crippen LogP contribution is 2.28. The minimum atomic E-state index is -3.76. The lowest BCUT2D eigenvalue weighted by Gasteiger charge is -2.14. The number of carbonyl (C=O) groups excluding carboxylic acids is 1. The Morgan fingerprint density at radius 3 is 2.42 bits per heavy atom. The first kappa shape index (κ1) is 20.2. The molecule has 0 aliphatic rings. The van der Waals surface area contributed by atoms with Crippen LogP contribution in [0, 0.1) is 0 Å². The zero-order valence-corrected chi connectivity index (χ0v) is 16.2. The second-order valence-electron chi connectivity index (χ2n) is 5.44. The van der Waals surface area contributed by atoms with Crippen molar-refractivity contribution in [3.8, 4) is 5.75 Å². The molecule has 0 aliphatic heterocycles. The summed E-state index contributed by atoms with van der Waals surface area (Å²) in [5, 5.41) is 3.25. The Morgan fingerprint density at radius 1 is 1.12 bits per heavy atom. The normalized spacial score (nSPS) is 11.2. The maximum atomic E-state index is 12.6. The van der Waals surface area contributed by atoms with E-state index in [1.54, 1.807) is 31.2 Å². The van der Waals surface area contributed by atoms with Gasteiger partial charge in [0.15, 0.2) is 0 Å². The van der Waals surface area contributed by atoms with Crippen molar-refractivity contribution in [2.45, 2.75) is 31.7 Å². The zero-order chi connectivity index (χ0) is 19.2. The van der Waals surface area contributed by atoms with Crippen LogP contribution in [-0.4, -0.2) is 20.9 Å². The first-order valence-corrected chi connectivity index (χ1v) is 10.0. The quantitative estimate of drug-likeness (QED) is 0.714. The molecule has 0 fully saturated rings. The summed E-state index contributed by atoms with van der Waals surface area (Å²) in [5.74, 6) is 0.195. The Hall–Kier alpha value is -2.09. The van der Waals surface area contributed by atoms with Gasteiger partial charge >= 0.3 is 0 Å². The van der Waals surface area contributed by atoms with Crippen LogP contribution in [0.2, 0.25) is 5.02 Å². The fourth-order valence-corrected chi connectivity index (χ4v) is 3.33. The van der Waals surface area contributed by atoms with Gasteiger partial charge in [0.1, 0.15) is 5.75 Å². The van der Waals surface area contributed by atoms with Crippen LogP contribution in [0.15, 0.2) is 47.4 Å². The first-order valence-electron chi connectivity index (χ1n) is 8.16. The van der Waals surface area contributed by atoms with Crippen molar-refractivity contribution in [3.05, 3.63) is 53.1 Å². The molecule has 6 nitrogen and oxygen atoms in total. The van der Waals surface area contributed by atoms with Crippen LogP contribution in [0.3, 0.4) is 0 Å². The van der Waals surface area contributed by atoms with Gasteiger partial charge in [0.2, 0.25) is 15.9 Å². The van der Waals surface area contributed by atoms with Gasteiger partial charge in [-0.15, -0.1) is 0 Å². The Balaban J connectivity index is 2.22. The summed E-state index contributed by atoms with van der Waals surface area (Å²) in [6, 6.07) is 11.2. The molecular formula is C18H21ClN2O4S. The van der Waals surface area contributed by atoms with Crippen LogP contribution in [0.1, 0.15) is 25.8 Å². The van der Waals surface area contributed by atoms with Crippen molar-refractivity contribution in [2.24, 2.45) is 0 Å². The zero-order valence-electron chi connectivity index (χ0n) is 14.6. The Kier molecular flexibility index (Phi) is 7.02. The lowest BCUT2D eigenvalue weighted by atomic mass is 10.2. The van der Waals surface area contributed by atoms with Gasteiger partial charge in [-0.05, 0) is 42.8 Å². The van der Waals surface area contributed by atoms with Gasteiger partial charge in [-0.3, -0.25) is 4.79 Å². The molecule has 2 rings (SSSR count). The molecule has 0 spiro atoms. The third-order valence-corrected chi connectivity index (χ3v) is 5.19. The molecular weight excluding hydrogens is 376 g/mol. The van der Waals surface area contributed by atoms with E-state index in [-0.39, 0.29) is 23.8 Å². The predicted octanol–water partition coefficient (Wildman–Crippen LogP) is 3.57. The first-order chi connectivity index (χ1) is 12.4. The summed E-state index contributed by atoms with van der Waals surface area (Å²) in [6.45, 7) is 4.05. The molecule has 26 heavy (non-hydrogen) atoms. The number of hydrogen-bond acceptors (Lipinski definition) is 4. The molecule has 0 radical (unpaired) electrons. The van der Waals surface area contributed by atoms with Crippen molar-refractivity contribution in [1.82, 2.24) is 4.72 Å². The van der Waals surface area contributed by atoms with Gasteiger partial charge in [0.05, 0.1) is 17.2 Å². The van der Waals surface area contributed by atoms with Crippen molar-refractivity contribution < 1.29 is 17.9 Å². The standard InChI is InChI=1S/C18H21ClN2O4S/c1-3-18(22)21-16-11-15(9-10-17(16)25-4-2)26(23,24)20-12-13-5-7-14(19)8-6-13/h5-11,20H,3-4,12H2,1-2H3,(H,21,22). The minimum absolute atomic E-state index is 0.0429. The summed E-state index contributed by atoms with van der Waals surface area (Å²) >= 11 is 5.82. The number of halogens is 1. The molecule has 0 atom stereocenters. The highest BCUT2D eigenvalue weighted by Gasteiger charge is 2.17. The molecule has 1 amide bonds. The average Bonchev–Trinajstić information content (AvgIpc) is 2.62. The largest absolute Gasteiger partial charge is 0.492 e. The van der Waals surface area contributed by atoms with Crippen LogP contribution in [0.4, 0.5) is 5.69 Å². The molecule has 0 aliphatic carbocycles. The van der Waals surface area contributed by atoms with Gasteiger partial charge in [-0.1, -0.05) is 30.7 Å². The fourth-order valence-electron chi connectivity index (χ4n) is 2.16. The minimum Gasteiger partial charge on any atom is -0.492 e. The molecule has 0 saturated heterocycles. The highest BCUT2D eigenvalue weighted by molar-refractivity contribution is 7.89. The summed E-state index contributed by atoms with van der Waals surface area (Å²) in [7, 11) is -3.76. The van der Waals surface area contributed by atoms with E-state index in [2.05, 4.69) is 10.0 Å². The summed E-state index contributed by atoms with van der Waals surface area (Å²) in [4.78, 5) is 11.7. The van der Waals surface area contributed by atoms with Crippen LogP contribution in [-0.2, 0) is 21.4 Å². The number of rotatable bonds is 8. The Labute approximate surface area is 158 Å². The smallest absolute Gasteiger partial charge is 0.240 e. The van der Waals surface area contributed by atoms with Crippen molar-refractivity contribution >= 4 is 33.2 Å². The van der Waals surface area contributed by atoms with E-state index in [0.29, 0.717) is 23.1 Å². The monoisotopic (exact) mass is 396 g/mol. The second kappa shape index (κ2) is 9.02. The molecule has 0 heterocycles. The van der Waals surface area contributed by atoms with E-state index >= 15 is 0 Å². The van der Waals surface area contributed by atoms with Gasteiger partial charge in [0.25, 0.3) is 0 Å². The maximum absolute atomic E-state index is 12.6. The van der Waals surface area contributed by atoms with Crippen molar-refractivity contribution in [1.29, 1.82) is 0 Å². The second-order valence-corrected chi connectivity index (χ2v) is 7.65. The van der Waals surface area contributed by atoms with Gasteiger partial charge in [-0.25, -0.2) is 13.1 Å². The average molecular weight is 397 g/mol. The molecule has 8 heteroatoms. The lowest BCUT2D eigenvalue weighted by Crippen LogP contribution is -2.23. The SMILES string of the molecule is CCOc1ccc(S(=O)(=O)NCc2ccc(Cl)cc2)cc1NC(=O)CC. The lowest BCUT2D eigenvalue weighted by molar-refractivity contribution is -0.115. The number of ether oxygens (including phenoxy) is 1. The molecule has 140 valence electrons. The topological polar surface area (TPSA) is 84.5 Å². The molecule has 2 aromatic rings. The van der Waals surface area contributed by atoms with E-state index < -0.39 is 10.0 Å². The molecule has 2 aromatic carbocycles. The number of sulfonamides is 1. The van der Waals surface area contributed by atoms with Crippen LogP contribution in [0.25, 0.3) is 0 Å². The fraction of sp³-hybridized carbons (Fsp3) is 0.278. The van der Waals surface area contributed by atoms with E-state index in [0.717, 1.165) is 5.56 Å². The summed E-state index contributed by atoms with van der Waals surface area (Å²) in [6.07, 6.45) is 0.275. The van der Waals surface area contributed by atoms with E-state index in [4.69, 9.17) is 16.3 Å². The third kappa shape index (κ3) is 5.45. The number of carbonyl (C=O) groups is 1.